The van der Waals surface area contributed by atoms with Gasteiger partial charge in [0.2, 0.25) is 5.91 Å². The van der Waals surface area contributed by atoms with Gasteiger partial charge in [-0.15, -0.1) is 0 Å². The van der Waals surface area contributed by atoms with Crippen LogP contribution in [-0.4, -0.2) is 59.2 Å². The molecular weight excluding hydrogens is 317 g/mol. The first-order chi connectivity index (χ1) is 11.5. The summed E-state index contributed by atoms with van der Waals surface area (Å²) in [6.45, 7) is 1.80. The summed E-state index contributed by atoms with van der Waals surface area (Å²) in [4.78, 5) is 31.6. The Hall–Kier alpha value is -2.48. The first-order valence-electron chi connectivity index (χ1n) is 7.56. The number of fused-ring (bicyclic) bond motifs is 1. The third-order valence-electron chi connectivity index (χ3n) is 4.03. The van der Waals surface area contributed by atoms with E-state index in [1.807, 2.05) is 0 Å². The number of imidazole rings is 1. The number of benzene rings is 1. The Morgan fingerprint density at radius 1 is 1.42 bits per heavy atom. The molecule has 1 fully saturated rings. The fourth-order valence-corrected chi connectivity index (χ4v) is 2.71. The van der Waals surface area contributed by atoms with Crippen molar-refractivity contribution in [2.24, 2.45) is 0 Å². The molecule has 2 heterocycles. The van der Waals surface area contributed by atoms with Crippen molar-refractivity contribution in [2.75, 3.05) is 20.2 Å². The van der Waals surface area contributed by atoms with E-state index in [-0.39, 0.29) is 25.6 Å². The van der Waals surface area contributed by atoms with Gasteiger partial charge in [-0.05, 0) is 18.2 Å². The monoisotopic (exact) mass is 335 g/mol. The highest BCUT2D eigenvalue weighted by Gasteiger charge is 2.35. The van der Waals surface area contributed by atoms with Crippen molar-refractivity contribution in [1.29, 1.82) is 0 Å². The average molecular weight is 335 g/mol. The van der Waals surface area contributed by atoms with E-state index in [1.54, 1.807) is 18.2 Å². The maximum atomic E-state index is 13.9. The predicted molar refractivity (Wildman–Crippen MR) is 83.2 cm³/mol. The Morgan fingerprint density at radius 3 is 2.88 bits per heavy atom. The van der Waals surface area contributed by atoms with Crippen LogP contribution in [0.4, 0.5) is 4.39 Å². The number of amides is 1. The molecule has 2 atom stereocenters. The fraction of sp³-hybridized carbons (Fsp3) is 0.438. The number of hydrogen-bond acceptors (Lipinski definition) is 5. The lowest BCUT2D eigenvalue weighted by atomic mass is 10.2. The van der Waals surface area contributed by atoms with Gasteiger partial charge in [-0.25, -0.2) is 14.2 Å². The number of carbonyl (C=O) groups is 2. The number of H-pyrrole nitrogens is 1. The van der Waals surface area contributed by atoms with E-state index in [0.717, 1.165) is 0 Å². The van der Waals surface area contributed by atoms with Crippen LogP contribution < -0.4 is 0 Å². The summed E-state index contributed by atoms with van der Waals surface area (Å²) in [6.07, 6.45) is -1.86. The average Bonchev–Trinajstić information content (AvgIpc) is 3.14. The molecule has 0 bridgehead atoms. The summed E-state index contributed by atoms with van der Waals surface area (Å²) in [5, 5.41) is 0. The maximum absolute atomic E-state index is 13.9. The van der Waals surface area contributed by atoms with Gasteiger partial charge in [0.15, 0.2) is 0 Å². The molecule has 1 aromatic carbocycles. The summed E-state index contributed by atoms with van der Waals surface area (Å²) < 4.78 is 24.1. The van der Waals surface area contributed by atoms with E-state index >= 15 is 0 Å². The van der Waals surface area contributed by atoms with Gasteiger partial charge < -0.3 is 19.4 Å². The topological polar surface area (TPSA) is 84.5 Å². The zero-order chi connectivity index (χ0) is 17.3. The molecule has 1 N–H and O–H groups in total. The van der Waals surface area contributed by atoms with Crippen LogP contribution in [0.25, 0.3) is 11.0 Å². The van der Waals surface area contributed by atoms with Crippen LogP contribution >= 0.6 is 0 Å². The molecule has 1 aliphatic rings. The highest BCUT2D eigenvalue weighted by Crippen LogP contribution is 2.19. The minimum absolute atomic E-state index is 0.0582. The lowest BCUT2D eigenvalue weighted by Crippen LogP contribution is -2.27. The standard InChI is InChI=1S/C16H18FN3O4/c1-9(21)20-6-11(17)14(7-20)24-8-15-18-12-4-3-10(16(22)23-2)5-13(12)19-15/h3-5,11,14H,6-8H2,1-2H3,(H,18,19). The van der Waals surface area contributed by atoms with Crippen molar-refractivity contribution < 1.29 is 23.5 Å². The molecule has 7 nitrogen and oxygen atoms in total. The zero-order valence-electron chi connectivity index (χ0n) is 13.4. The van der Waals surface area contributed by atoms with E-state index in [2.05, 4.69) is 14.7 Å². The molecule has 0 radical (unpaired) electrons. The molecule has 2 aromatic rings. The van der Waals surface area contributed by atoms with E-state index in [0.29, 0.717) is 22.4 Å². The molecule has 1 amide bonds. The second-order valence-corrected chi connectivity index (χ2v) is 5.70. The van der Waals surface area contributed by atoms with Gasteiger partial charge in [0.25, 0.3) is 0 Å². The molecule has 1 aliphatic heterocycles. The summed E-state index contributed by atoms with van der Waals surface area (Å²) in [7, 11) is 1.32. The first-order valence-corrected chi connectivity index (χ1v) is 7.56. The molecule has 0 aliphatic carbocycles. The first kappa shape index (κ1) is 16.4. The van der Waals surface area contributed by atoms with Crippen LogP contribution in [0, 0.1) is 0 Å². The van der Waals surface area contributed by atoms with Crippen molar-refractivity contribution in [3.05, 3.63) is 29.6 Å². The second kappa shape index (κ2) is 6.56. The maximum Gasteiger partial charge on any atom is 0.337 e. The number of methoxy groups -OCH3 is 1. The largest absolute Gasteiger partial charge is 0.465 e. The minimum atomic E-state index is -1.20. The van der Waals surface area contributed by atoms with Crippen molar-refractivity contribution in [3.63, 3.8) is 0 Å². The number of aromatic amines is 1. The van der Waals surface area contributed by atoms with E-state index in [9.17, 15) is 14.0 Å². The third-order valence-corrected chi connectivity index (χ3v) is 4.03. The molecule has 24 heavy (non-hydrogen) atoms. The van der Waals surface area contributed by atoms with Gasteiger partial charge in [0, 0.05) is 13.5 Å². The van der Waals surface area contributed by atoms with Crippen LogP contribution in [0.15, 0.2) is 18.2 Å². The quantitative estimate of drug-likeness (QED) is 0.855. The van der Waals surface area contributed by atoms with Gasteiger partial charge >= 0.3 is 5.97 Å². The lowest BCUT2D eigenvalue weighted by molar-refractivity contribution is -0.128. The van der Waals surface area contributed by atoms with Crippen LogP contribution in [0.2, 0.25) is 0 Å². The Kier molecular flexibility index (Phi) is 4.48. The molecule has 128 valence electrons. The fourth-order valence-electron chi connectivity index (χ4n) is 2.71. The zero-order valence-corrected chi connectivity index (χ0v) is 13.4. The Balaban J connectivity index is 1.67. The molecule has 1 saturated heterocycles. The third kappa shape index (κ3) is 3.23. The van der Waals surface area contributed by atoms with Crippen LogP contribution in [0.3, 0.4) is 0 Å². The van der Waals surface area contributed by atoms with Gasteiger partial charge in [0.1, 0.15) is 24.7 Å². The van der Waals surface area contributed by atoms with Crippen LogP contribution in [-0.2, 0) is 20.9 Å². The van der Waals surface area contributed by atoms with Crippen molar-refractivity contribution in [3.8, 4) is 0 Å². The van der Waals surface area contributed by atoms with Gasteiger partial charge in [-0.3, -0.25) is 4.79 Å². The number of hydrogen-bond donors (Lipinski definition) is 1. The highest BCUT2D eigenvalue weighted by atomic mass is 19.1. The van der Waals surface area contributed by atoms with E-state index in [4.69, 9.17) is 4.74 Å². The number of likely N-dealkylation sites (tertiary alicyclic amines) is 1. The SMILES string of the molecule is COC(=O)c1ccc2nc(COC3CN(C(C)=O)CC3F)[nH]c2c1. The van der Waals surface area contributed by atoms with Gasteiger partial charge in [0.05, 0.1) is 30.3 Å². The Labute approximate surface area is 137 Å². The van der Waals surface area contributed by atoms with Crippen molar-refractivity contribution >= 4 is 22.9 Å². The number of ether oxygens (including phenoxy) is 2. The number of alkyl halides is 1. The molecule has 0 spiro atoms. The van der Waals surface area contributed by atoms with Crippen molar-refractivity contribution in [1.82, 2.24) is 14.9 Å². The molecule has 0 saturated carbocycles. The molecule has 1 aromatic heterocycles. The van der Waals surface area contributed by atoms with E-state index in [1.165, 1.54) is 18.9 Å². The van der Waals surface area contributed by atoms with Crippen LogP contribution in [0.1, 0.15) is 23.1 Å². The minimum Gasteiger partial charge on any atom is -0.465 e. The normalized spacial score (nSPS) is 20.5. The molecular formula is C16H18FN3O4. The van der Waals surface area contributed by atoms with E-state index < -0.39 is 18.2 Å². The smallest absolute Gasteiger partial charge is 0.337 e. The summed E-state index contributed by atoms with van der Waals surface area (Å²) in [5.74, 6) is -0.0665. The number of nitrogens with zero attached hydrogens (tertiary/aromatic N) is 2. The number of nitrogens with one attached hydrogen (secondary N) is 1. The number of esters is 1. The number of rotatable bonds is 4. The van der Waals surface area contributed by atoms with Gasteiger partial charge in [-0.2, -0.15) is 0 Å². The summed E-state index contributed by atoms with van der Waals surface area (Å²) in [6, 6.07) is 4.97. The second-order valence-electron chi connectivity index (χ2n) is 5.70. The van der Waals surface area contributed by atoms with Crippen LogP contribution in [0.5, 0.6) is 0 Å². The van der Waals surface area contributed by atoms with Gasteiger partial charge in [-0.1, -0.05) is 0 Å². The lowest BCUT2D eigenvalue weighted by Gasteiger charge is -2.13. The van der Waals surface area contributed by atoms with Crippen molar-refractivity contribution in [2.45, 2.75) is 25.8 Å². The Bertz CT molecular complexity index is 776. The highest BCUT2D eigenvalue weighted by molar-refractivity contribution is 5.93. The predicted octanol–water partition coefficient (Wildman–Crippen LogP) is 1.43. The molecule has 2 unspecified atom stereocenters. The number of aromatic nitrogens is 2. The molecule has 8 heteroatoms. The Morgan fingerprint density at radius 2 is 2.21 bits per heavy atom. The number of carbonyl (C=O) groups excluding carboxylic acids is 2. The summed E-state index contributed by atoms with van der Waals surface area (Å²) >= 11 is 0. The summed E-state index contributed by atoms with van der Waals surface area (Å²) in [5.41, 5.74) is 1.76. The molecule has 3 rings (SSSR count). The number of halogens is 1.